The van der Waals surface area contributed by atoms with Gasteiger partial charge in [-0.3, -0.25) is 0 Å². The molecule has 1 aromatic carbocycles. The molecule has 0 amide bonds. The van der Waals surface area contributed by atoms with Gasteiger partial charge in [0, 0.05) is 18.2 Å². The highest BCUT2D eigenvalue weighted by Gasteiger charge is 2.09. The Morgan fingerprint density at radius 2 is 2.12 bits per heavy atom. The summed E-state index contributed by atoms with van der Waals surface area (Å²) < 4.78 is 5.27. The Morgan fingerprint density at radius 3 is 2.76 bits per heavy atom. The molecule has 17 heavy (non-hydrogen) atoms. The molecule has 90 valence electrons. The first-order chi connectivity index (χ1) is 8.16. The van der Waals surface area contributed by atoms with Gasteiger partial charge in [0.15, 0.2) is 0 Å². The molecule has 1 atom stereocenters. The number of nitrogens with one attached hydrogen (secondary N) is 1. The van der Waals surface area contributed by atoms with Crippen LogP contribution in [0.5, 0.6) is 11.5 Å². The van der Waals surface area contributed by atoms with Crippen molar-refractivity contribution in [1.82, 2.24) is 5.32 Å². The van der Waals surface area contributed by atoms with Crippen LogP contribution in [0.2, 0.25) is 0 Å². The van der Waals surface area contributed by atoms with Crippen LogP contribution in [-0.4, -0.2) is 10.2 Å². The SMILES string of the molecule is CC(NCc1ccc(O)cc1O)c1ccco1. The Morgan fingerprint density at radius 1 is 1.29 bits per heavy atom. The summed E-state index contributed by atoms with van der Waals surface area (Å²) in [5.74, 6) is 0.998. The van der Waals surface area contributed by atoms with Crippen LogP contribution >= 0.6 is 0 Å². The third-order valence-electron chi connectivity index (χ3n) is 2.64. The number of phenols is 2. The van der Waals surface area contributed by atoms with Gasteiger partial charge in [-0.15, -0.1) is 0 Å². The molecular formula is C13H15NO3. The fraction of sp³-hybridized carbons (Fsp3) is 0.231. The van der Waals surface area contributed by atoms with E-state index in [1.54, 1.807) is 18.4 Å². The standard InChI is InChI=1S/C13H15NO3/c1-9(13-3-2-6-17-13)14-8-10-4-5-11(15)7-12(10)16/h2-7,9,14-16H,8H2,1H3. The third-order valence-corrected chi connectivity index (χ3v) is 2.64. The van der Waals surface area contributed by atoms with Gasteiger partial charge in [-0.25, -0.2) is 0 Å². The molecule has 1 aromatic heterocycles. The van der Waals surface area contributed by atoms with Gasteiger partial charge in [0.25, 0.3) is 0 Å². The normalized spacial score (nSPS) is 12.5. The van der Waals surface area contributed by atoms with Crippen molar-refractivity contribution < 1.29 is 14.6 Å². The number of hydrogen-bond acceptors (Lipinski definition) is 4. The van der Waals surface area contributed by atoms with E-state index in [2.05, 4.69) is 5.32 Å². The van der Waals surface area contributed by atoms with Crippen LogP contribution in [0.4, 0.5) is 0 Å². The van der Waals surface area contributed by atoms with Gasteiger partial charge in [-0.05, 0) is 25.1 Å². The average molecular weight is 233 g/mol. The van der Waals surface area contributed by atoms with Crippen LogP contribution in [-0.2, 0) is 6.54 Å². The molecule has 1 unspecified atom stereocenters. The molecule has 0 fully saturated rings. The molecule has 0 radical (unpaired) electrons. The topological polar surface area (TPSA) is 65.6 Å². The van der Waals surface area contributed by atoms with Crippen molar-refractivity contribution in [2.24, 2.45) is 0 Å². The Kier molecular flexibility index (Phi) is 3.35. The minimum absolute atomic E-state index is 0.0605. The molecule has 0 saturated heterocycles. The summed E-state index contributed by atoms with van der Waals surface area (Å²) in [6.45, 7) is 2.49. The van der Waals surface area contributed by atoms with Crippen molar-refractivity contribution in [2.75, 3.05) is 0 Å². The summed E-state index contributed by atoms with van der Waals surface area (Å²) >= 11 is 0. The summed E-state index contributed by atoms with van der Waals surface area (Å²) in [6, 6.07) is 8.37. The highest BCUT2D eigenvalue weighted by molar-refractivity contribution is 5.38. The molecule has 2 aromatic rings. The quantitative estimate of drug-likeness (QED) is 0.759. The molecule has 4 nitrogen and oxygen atoms in total. The highest BCUT2D eigenvalue weighted by Crippen LogP contribution is 2.23. The van der Waals surface area contributed by atoms with Crippen LogP contribution in [0.3, 0.4) is 0 Å². The molecule has 0 aliphatic carbocycles. The van der Waals surface area contributed by atoms with Gasteiger partial charge in [0.05, 0.1) is 12.3 Å². The molecule has 1 heterocycles. The van der Waals surface area contributed by atoms with E-state index in [-0.39, 0.29) is 17.5 Å². The molecule has 0 bridgehead atoms. The number of rotatable bonds is 4. The minimum atomic E-state index is 0.0605. The van der Waals surface area contributed by atoms with Gasteiger partial charge in [0.1, 0.15) is 17.3 Å². The summed E-state index contributed by atoms with van der Waals surface area (Å²) in [5, 5.41) is 22.0. The second-order valence-electron chi connectivity index (χ2n) is 3.93. The smallest absolute Gasteiger partial charge is 0.123 e. The maximum absolute atomic E-state index is 9.61. The Balaban J connectivity index is 1.98. The van der Waals surface area contributed by atoms with Crippen molar-refractivity contribution in [3.8, 4) is 11.5 Å². The van der Waals surface area contributed by atoms with Gasteiger partial charge in [0.2, 0.25) is 0 Å². The first-order valence-corrected chi connectivity index (χ1v) is 5.44. The summed E-state index contributed by atoms with van der Waals surface area (Å²) in [6.07, 6.45) is 1.63. The highest BCUT2D eigenvalue weighted by atomic mass is 16.3. The fourth-order valence-electron chi connectivity index (χ4n) is 1.60. The van der Waals surface area contributed by atoms with Gasteiger partial charge < -0.3 is 19.9 Å². The zero-order valence-corrected chi connectivity index (χ0v) is 9.55. The molecule has 2 rings (SSSR count). The van der Waals surface area contributed by atoms with E-state index in [9.17, 15) is 5.11 Å². The van der Waals surface area contributed by atoms with E-state index in [4.69, 9.17) is 9.52 Å². The van der Waals surface area contributed by atoms with Crippen molar-refractivity contribution in [2.45, 2.75) is 19.5 Å². The van der Waals surface area contributed by atoms with Crippen LogP contribution in [0.25, 0.3) is 0 Å². The van der Waals surface area contributed by atoms with Gasteiger partial charge in [-0.1, -0.05) is 6.07 Å². The van der Waals surface area contributed by atoms with E-state index in [1.807, 2.05) is 19.1 Å². The van der Waals surface area contributed by atoms with Gasteiger partial charge in [-0.2, -0.15) is 0 Å². The summed E-state index contributed by atoms with van der Waals surface area (Å²) in [7, 11) is 0. The molecule has 4 heteroatoms. The number of phenolic OH excluding ortho intramolecular Hbond substituents is 2. The number of aromatic hydroxyl groups is 2. The maximum Gasteiger partial charge on any atom is 0.123 e. The molecule has 0 saturated carbocycles. The predicted octanol–water partition coefficient (Wildman–Crippen LogP) is 2.54. The Bertz CT molecular complexity index is 479. The number of hydrogen-bond donors (Lipinski definition) is 3. The number of furan rings is 1. The Hall–Kier alpha value is -1.94. The summed E-state index contributed by atoms with van der Waals surface area (Å²) in [5.41, 5.74) is 0.737. The second-order valence-corrected chi connectivity index (χ2v) is 3.93. The molecule has 3 N–H and O–H groups in total. The molecule has 0 aliphatic heterocycles. The van der Waals surface area contributed by atoms with Crippen molar-refractivity contribution >= 4 is 0 Å². The van der Waals surface area contributed by atoms with Crippen molar-refractivity contribution in [3.63, 3.8) is 0 Å². The van der Waals surface area contributed by atoms with Crippen molar-refractivity contribution in [3.05, 3.63) is 47.9 Å². The van der Waals surface area contributed by atoms with Crippen LogP contribution < -0.4 is 5.32 Å². The lowest BCUT2D eigenvalue weighted by Crippen LogP contribution is -2.17. The van der Waals surface area contributed by atoms with Crippen LogP contribution in [0, 0.1) is 0 Å². The zero-order valence-electron chi connectivity index (χ0n) is 9.55. The van der Waals surface area contributed by atoms with Gasteiger partial charge >= 0.3 is 0 Å². The summed E-state index contributed by atoms with van der Waals surface area (Å²) in [4.78, 5) is 0. The van der Waals surface area contributed by atoms with Crippen LogP contribution in [0.1, 0.15) is 24.3 Å². The van der Waals surface area contributed by atoms with E-state index in [0.29, 0.717) is 6.54 Å². The second kappa shape index (κ2) is 4.93. The third kappa shape index (κ3) is 2.79. The lowest BCUT2D eigenvalue weighted by atomic mass is 10.1. The first kappa shape index (κ1) is 11.5. The lowest BCUT2D eigenvalue weighted by molar-refractivity contribution is 0.418. The number of benzene rings is 1. The largest absolute Gasteiger partial charge is 0.508 e. The van der Waals surface area contributed by atoms with E-state index >= 15 is 0 Å². The molecule has 0 aliphatic rings. The zero-order chi connectivity index (χ0) is 12.3. The molecule has 0 spiro atoms. The lowest BCUT2D eigenvalue weighted by Gasteiger charge is -2.12. The minimum Gasteiger partial charge on any atom is -0.508 e. The van der Waals surface area contributed by atoms with E-state index in [0.717, 1.165) is 11.3 Å². The maximum atomic E-state index is 9.61. The monoisotopic (exact) mass is 233 g/mol. The van der Waals surface area contributed by atoms with Crippen LogP contribution in [0.15, 0.2) is 41.0 Å². The predicted molar refractivity (Wildman–Crippen MR) is 63.7 cm³/mol. The van der Waals surface area contributed by atoms with E-state index < -0.39 is 0 Å². The van der Waals surface area contributed by atoms with Crippen molar-refractivity contribution in [1.29, 1.82) is 0 Å². The molecular weight excluding hydrogens is 218 g/mol. The Labute approximate surface area is 99.5 Å². The average Bonchev–Trinajstić information content (AvgIpc) is 2.81. The fourth-order valence-corrected chi connectivity index (χ4v) is 1.60. The van der Waals surface area contributed by atoms with E-state index in [1.165, 1.54) is 6.07 Å². The first-order valence-electron chi connectivity index (χ1n) is 5.44.